The fourth-order valence-electron chi connectivity index (χ4n) is 0.858. The van der Waals surface area contributed by atoms with Crippen LogP contribution in [-0.2, 0) is 0 Å². The molecule has 0 atom stereocenters. The molecule has 1 heterocycles. The van der Waals surface area contributed by atoms with Crippen LogP contribution in [0.15, 0.2) is 6.20 Å². The van der Waals surface area contributed by atoms with Crippen LogP contribution in [0.4, 0.5) is 8.78 Å². The van der Waals surface area contributed by atoms with Gasteiger partial charge in [0.15, 0.2) is 5.75 Å². The van der Waals surface area contributed by atoms with Crippen molar-refractivity contribution in [1.29, 1.82) is 0 Å². The minimum atomic E-state index is -2.65. The van der Waals surface area contributed by atoms with Crippen molar-refractivity contribution in [3.05, 3.63) is 21.0 Å². The number of hydrogen-bond acceptors (Lipinski definition) is 2. The Morgan fingerprint density at radius 3 is 2.58 bits per heavy atom. The van der Waals surface area contributed by atoms with Crippen LogP contribution in [0.3, 0.4) is 0 Å². The smallest absolute Gasteiger partial charge is 0.267 e. The van der Waals surface area contributed by atoms with Crippen LogP contribution in [0.2, 0.25) is 0 Å². The third kappa shape index (κ3) is 1.65. The third-order valence-electron chi connectivity index (χ3n) is 1.47. The first-order valence-electron chi connectivity index (χ1n) is 3.16. The highest BCUT2D eigenvalue weighted by Gasteiger charge is 2.18. The summed E-state index contributed by atoms with van der Waals surface area (Å²) in [5.74, 6) is -0.411. The number of hydrogen-bond donors (Lipinski definition) is 1. The summed E-state index contributed by atoms with van der Waals surface area (Å²) in [5.41, 5.74) is -0.0164. The minimum Gasteiger partial charge on any atom is -0.505 e. The molecule has 1 aromatic rings. The zero-order valence-electron chi connectivity index (χ0n) is 6.18. The minimum absolute atomic E-state index is 0.202. The molecule has 1 rings (SSSR count). The first-order valence-corrected chi connectivity index (χ1v) is 4.24. The van der Waals surface area contributed by atoms with Crippen LogP contribution in [0.5, 0.6) is 5.75 Å². The molecule has 0 saturated carbocycles. The predicted octanol–water partition coefficient (Wildman–Crippen LogP) is 2.64. The van der Waals surface area contributed by atoms with E-state index in [1.807, 2.05) is 0 Å². The molecule has 66 valence electrons. The number of pyridine rings is 1. The quantitative estimate of drug-likeness (QED) is 0.635. The Hall–Kier alpha value is -0.460. The van der Waals surface area contributed by atoms with E-state index in [9.17, 15) is 13.9 Å². The van der Waals surface area contributed by atoms with Gasteiger partial charge in [-0.3, -0.25) is 0 Å². The van der Waals surface area contributed by atoms with Crippen molar-refractivity contribution in [2.24, 2.45) is 0 Å². The molecule has 0 unspecified atom stereocenters. The van der Waals surface area contributed by atoms with E-state index in [-0.39, 0.29) is 9.26 Å². The fraction of sp³-hybridized carbons (Fsp3) is 0.286. The Bertz CT molecular complexity index is 304. The predicted molar refractivity (Wildman–Crippen MR) is 48.3 cm³/mol. The summed E-state index contributed by atoms with van der Waals surface area (Å²) in [6.07, 6.45) is -1.33. The van der Waals surface area contributed by atoms with E-state index in [4.69, 9.17) is 0 Å². The second kappa shape index (κ2) is 3.51. The molecule has 0 bridgehead atoms. The number of rotatable bonds is 1. The molecular weight excluding hydrogens is 279 g/mol. The Labute approximate surface area is 81.8 Å². The van der Waals surface area contributed by atoms with Gasteiger partial charge in [-0.2, -0.15) is 0 Å². The molecule has 0 spiro atoms. The summed E-state index contributed by atoms with van der Waals surface area (Å²) in [6.45, 7) is 1.49. The normalized spacial score (nSPS) is 10.8. The second-order valence-electron chi connectivity index (χ2n) is 2.29. The zero-order chi connectivity index (χ0) is 9.30. The molecule has 0 aliphatic carbocycles. The zero-order valence-corrected chi connectivity index (χ0v) is 8.34. The van der Waals surface area contributed by atoms with Crippen molar-refractivity contribution in [3.63, 3.8) is 0 Å². The molecule has 0 amide bonds. The molecule has 0 aliphatic heterocycles. The standard InChI is InChI=1S/C7H6F2INO/c1-3-2-11-7(10)5(12)4(3)6(8)9/h2,6,12H,1H3. The van der Waals surface area contributed by atoms with Gasteiger partial charge in [0.25, 0.3) is 6.43 Å². The van der Waals surface area contributed by atoms with Gasteiger partial charge >= 0.3 is 0 Å². The van der Waals surface area contributed by atoms with Crippen molar-refractivity contribution in [2.45, 2.75) is 13.3 Å². The van der Waals surface area contributed by atoms with Gasteiger partial charge in [0.1, 0.15) is 3.70 Å². The molecule has 2 nitrogen and oxygen atoms in total. The average molecular weight is 285 g/mol. The van der Waals surface area contributed by atoms with Gasteiger partial charge in [-0.05, 0) is 35.1 Å². The number of aromatic nitrogens is 1. The summed E-state index contributed by atoms with van der Waals surface area (Å²) >= 11 is 1.71. The van der Waals surface area contributed by atoms with E-state index in [0.717, 1.165) is 0 Å². The van der Waals surface area contributed by atoms with Crippen LogP contribution < -0.4 is 0 Å². The summed E-state index contributed by atoms with van der Waals surface area (Å²) in [7, 11) is 0. The lowest BCUT2D eigenvalue weighted by Crippen LogP contribution is -1.94. The van der Waals surface area contributed by atoms with Gasteiger partial charge in [-0.15, -0.1) is 0 Å². The molecule has 12 heavy (non-hydrogen) atoms. The Morgan fingerprint density at radius 2 is 2.17 bits per heavy atom. The molecule has 0 radical (unpaired) electrons. The maximum atomic E-state index is 12.3. The molecule has 0 aliphatic rings. The van der Waals surface area contributed by atoms with Crippen LogP contribution in [0.25, 0.3) is 0 Å². The number of aryl methyl sites for hydroxylation is 1. The molecule has 1 aromatic heterocycles. The highest BCUT2D eigenvalue weighted by molar-refractivity contribution is 14.1. The second-order valence-corrected chi connectivity index (χ2v) is 3.32. The monoisotopic (exact) mass is 285 g/mol. The van der Waals surface area contributed by atoms with E-state index in [2.05, 4.69) is 4.98 Å². The van der Waals surface area contributed by atoms with Gasteiger partial charge in [-0.25, -0.2) is 13.8 Å². The van der Waals surface area contributed by atoms with E-state index >= 15 is 0 Å². The summed E-state index contributed by atoms with van der Waals surface area (Å²) < 4.78 is 24.8. The molecule has 1 N–H and O–H groups in total. The summed E-state index contributed by atoms with van der Waals surface area (Å²) in [5, 5.41) is 9.20. The van der Waals surface area contributed by atoms with Crippen molar-refractivity contribution >= 4 is 22.6 Å². The van der Waals surface area contributed by atoms with Crippen LogP contribution in [0.1, 0.15) is 17.6 Å². The topological polar surface area (TPSA) is 33.1 Å². The molecular formula is C7H6F2INO. The summed E-state index contributed by atoms with van der Waals surface area (Å²) in [4.78, 5) is 3.72. The molecule has 0 fully saturated rings. The number of aromatic hydroxyl groups is 1. The van der Waals surface area contributed by atoms with Gasteiger partial charge < -0.3 is 5.11 Å². The highest BCUT2D eigenvalue weighted by Crippen LogP contribution is 2.32. The fourth-order valence-corrected chi connectivity index (χ4v) is 1.29. The van der Waals surface area contributed by atoms with Crippen molar-refractivity contribution in [2.75, 3.05) is 0 Å². The average Bonchev–Trinajstić information content (AvgIpc) is 1.97. The highest BCUT2D eigenvalue weighted by atomic mass is 127. The SMILES string of the molecule is Cc1cnc(I)c(O)c1C(F)F. The van der Waals surface area contributed by atoms with Crippen LogP contribution in [0, 0.1) is 10.6 Å². The first-order chi connectivity index (χ1) is 5.54. The van der Waals surface area contributed by atoms with Crippen LogP contribution >= 0.6 is 22.6 Å². The van der Waals surface area contributed by atoms with E-state index in [1.54, 1.807) is 22.6 Å². The van der Waals surface area contributed by atoms with Gasteiger partial charge in [0, 0.05) is 6.20 Å². The summed E-state index contributed by atoms with van der Waals surface area (Å²) in [6, 6.07) is 0. The lowest BCUT2D eigenvalue weighted by atomic mass is 10.1. The van der Waals surface area contributed by atoms with E-state index in [0.29, 0.717) is 5.56 Å². The van der Waals surface area contributed by atoms with Crippen molar-refractivity contribution < 1.29 is 13.9 Å². The van der Waals surface area contributed by atoms with Gasteiger partial charge in [0.2, 0.25) is 0 Å². The Morgan fingerprint density at radius 1 is 1.58 bits per heavy atom. The van der Waals surface area contributed by atoms with E-state index < -0.39 is 12.2 Å². The lowest BCUT2D eigenvalue weighted by molar-refractivity contribution is 0.146. The Balaban J connectivity index is 3.33. The van der Waals surface area contributed by atoms with Crippen molar-refractivity contribution in [3.8, 4) is 5.75 Å². The Kier molecular flexibility index (Phi) is 2.81. The molecule has 0 saturated heterocycles. The molecule has 0 aromatic carbocycles. The van der Waals surface area contributed by atoms with Gasteiger partial charge in [-0.1, -0.05) is 0 Å². The number of alkyl halides is 2. The largest absolute Gasteiger partial charge is 0.505 e. The molecule has 5 heteroatoms. The first kappa shape index (κ1) is 9.63. The van der Waals surface area contributed by atoms with Gasteiger partial charge in [0.05, 0.1) is 5.56 Å². The van der Waals surface area contributed by atoms with E-state index in [1.165, 1.54) is 13.1 Å². The third-order valence-corrected chi connectivity index (χ3v) is 2.25. The number of halogens is 3. The van der Waals surface area contributed by atoms with Crippen molar-refractivity contribution in [1.82, 2.24) is 4.98 Å². The maximum absolute atomic E-state index is 12.3. The van der Waals surface area contributed by atoms with Crippen LogP contribution in [-0.4, -0.2) is 10.1 Å². The maximum Gasteiger partial charge on any atom is 0.267 e. The lowest BCUT2D eigenvalue weighted by Gasteiger charge is -2.07. The number of nitrogens with zero attached hydrogens (tertiary/aromatic N) is 1.